The van der Waals surface area contributed by atoms with E-state index >= 15 is 0 Å². The highest BCUT2D eigenvalue weighted by atomic mass is 32.1. The highest BCUT2D eigenvalue weighted by molar-refractivity contribution is 7.80. The number of carboxylic acids is 1. The van der Waals surface area contributed by atoms with Gasteiger partial charge in [0.2, 0.25) is 5.11 Å². The zero-order valence-corrected chi connectivity index (χ0v) is 8.36. The average molecular weight is 218 g/mol. The number of benzene rings is 1. The van der Waals surface area contributed by atoms with Crippen LogP contribution in [-0.2, 0) is 0 Å². The monoisotopic (exact) mass is 218 g/mol. The molecule has 0 saturated carbocycles. The zero-order valence-electron chi connectivity index (χ0n) is 7.54. The van der Waals surface area contributed by atoms with Gasteiger partial charge >= 0.3 is 5.97 Å². The first-order valence-corrected chi connectivity index (χ1v) is 4.59. The van der Waals surface area contributed by atoms with Crippen molar-refractivity contribution in [2.24, 2.45) is 9.98 Å². The second-order valence-corrected chi connectivity index (χ2v) is 3.25. The molecule has 0 radical (unpaired) electrons. The van der Waals surface area contributed by atoms with Crippen LogP contribution in [-0.4, -0.2) is 28.1 Å². The molecule has 74 valence electrons. The smallest absolute Gasteiger partial charge is 0.336 e. The lowest BCUT2D eigenvalue weighted by Crippen LogP contribution is -2.08. The Hall–Kier alpha value is -1.88. The van der Waals surface area contributed by atoms with Crippen molar-refractivity contribution in [2.75, 3.05) is 0 Å². The number of aromatic carboxylic acids is 1. The minimum atomic E-state index is -0.987. The Kier molecular flexibility index (Phi) is 2.39. The van der Waals surface area contributed by atoms with E-state index in [1.165, 1.54) is 12.3 Å². The molecular formula is C10H6N2O2S. The minimum Gasteiger partial charge on any atom is -0.478 e. The second-order valence-electron chi connectivity index (χ2n) is 2.89. The largest absolute Gasteiger partial charge is 0.478 e. The fraction of sp³-hybridized carbons (Fsp3) is 0. The van der Waals surface area contributed by atoms with E-state index in [0.717, 1.165) is 0 Å². The molecule has 0 unspecified atom stereocenters. The van der Waals surface area contributed by atoms with Crippen molar-refractivity contribution < 1.29 is 9.90 Å². The van der Waals surface area contributed by atoms with Gasteiger partial charge in [0.15, 0.2) is 0 Å². The summed E-state index contributed by atoms with van der Waals surface area (Å²) in [6.45, 7) is 0. The van der Waals surface area contributed by atoms with Crippen LogP contribution in [0.1, 0.15) is 15.9 Å². The van der Waals surface area contributed by atoms with Crippen LogP contribution in [0.3, 0.4) is 0 Å². The van der Waals surface area contributed by atoms with Crippen LogP contribution in [0, 0.1) is 0 Å². The quantitative estimate of drug-likeness (QED) is 0.766. The van der Waals surface area contributed by atoms with Crippen molar-refractivity contribution in [1.82, 2.24) is 0 Å². The first-order valence-electron chi connectivity index (χ1n) is 4.18. The third-order valence-corrected chi connectivity index (χ3v) is 2.14. The molecule has 0 aromatic heterocycles. The van der Waals surface area contributed by atoms with Gasteiger partial charge in [-0.3, -0.25) is 0 Å². The van der Waals surface area contributed by atoms with Crippen LogP contribution in [0.5, 0.6) is 0 Å². The maximum Gasteiger partial charge on any atom is 0.336 e. The maximum absolute atomic E-state index is 10.9. The minimum absolute atomic E-state index is 0.201. The van der Waals surface area contributed by atoms with E-state index in [9.17, 15) is 4.79 Å². The highest BCUT2D eigenvalue weighted by Crippen LogP contribution is 2.12. The van der Waals surface area contributed by atoms with Crippen molar-refractivity contribution in [2.45, 2.75) is 0 Å². The molecule has 1 heterocycles. The Morgan fingerprint density at radius 2 is 2.07 bits per heavy atom. The standard InChI is InChI=1S/C10H6N2O2S/c13-9(14)7-4-2-1-3-6(7)8-5-11-10(15)12-8/h1-5H,(H,13,14). The molecule has 5 heteroatoms. The van der Waals surface area contributed by atoms with Gasteiger partial charge in [0.1, 0.15) is 0 Å². The van der Waals surface area contributed by atoms with Crippen LogP contribution in [0.25, 0.3) is 0 Å². The summed E-state index contributed by atoms with van der Waals surface area (Å²) in [6.07, 6.45) is 1.48. The molecule has 4 nitrogen and oxygen atoms in total. The molecule has 1 aromatic rings. The number of aliphatic imine (C=N–C) groups is 2. The van der Waals surface area contributed by atoms with Crippen molar-refractivity contribution >= 4 is 35.2 Å². The summed E-state index contributed by atoms with van der Waals surface area (Å²) in [7, 11) is 0. The third-order valence-electron chi connectivity index (χ3n) is 1.95. The molecule has 15 heavy (non-hydrogen) atoms. The second kappa shape index (κ2) is 3.70. The SMILES string of the molecule is O=C(O)c1ccccc1C1=NC(=S)N=C1. The number of carbonyl (C=O) groups is 1. The summed E-state index contributed by atoms with van der Waals surface area (Å²) in [4.78, 5) is 18.7. The van der Waals surface area contributed by atoms with E-state index in [1.807, 2.05) is 0 Å². The molecule has 0 bridgehead atoms. The maximum atomic E-state index is 10.9. The van der Waals surface area contributed by atoms with Gasteiger partial charge in [0.05, 0.1) is 17.5 Å². The van der Waals surface area contributed by atoms with Crippen molar-refractivity contribution in [3.63, 3.8) is 0 Å². The molecule has 1 aromatic carbocycles. The molecule has 2 rings (SSSR count). The summed E-state index contributed by atoms with van der Waals surface area (Å²) in [6, 6.07) is 6.62. The molecule has 0 spiro atoms. The van der Waals surface area contributed by atoms with Gasteiger partial charge in [-0.2, -0.15) is 0 Å². The lowest BCUT2D eigenvalue weighted by Gasteiger charge is -2.02. The lowest BCUT2D eigenvalue weighted by molar-refractivity contribution is 0.0696. The molecule has 0 amide bonds. The molecule has 0 saturated heterocycles. The predicted molar refractivity (Wildman–Crippen MR) is 61.0 cm³/mol. The van der Waals surface area contributed by atoms with Crippen LogP contribution >= 0.6 is 12.2 Å². The summed E-state index contributed by atoms with van der Waals surface area (Å²) >= 11 is 4.77. The first-order chi connectivity index (χ1) is 7.18. The third kappa shape index (κ3) is 1.82. The highest BCUT2D eigenvalue weighted by Gasteiger charge is 2.15. The van der Waals surface area contributed by atoms with Crippen LogP contribution in [0.4, 0.5) is 0 Å². The van der Waals surface area contributed by atoms with E-state index in [0.29, 0.717) is 11.3 Å². The normalized spacial score (nSPS) is 14.1. The summed E-state index contributed by atoms with van der Waals surface area (Å²) < 4.78 is 0. The van der Waals surface area contributed by atoms with E-state index in [1.54, 1.807) is 18.2 Å². The van der Waals surface area contributed by atoms with Crippen LogP contribution in [0.2, 0.25) is 0 Å². The van der Waals surface area contributed by atoms with Gasteiger partial charge < -0.3 is 5.11 Å². The Morgan fingerprint density at radius 3 is 2.67 bits per heavy atom. The van der Waals surface area contributed by atoms with Gasteiger partial charge in [-0.05, 0) is 18.3 Å². The fourth-order valence-electron chi connectivity index (χ4n) is 1.30. The van der Waals surface area contributed by atoms with Crippen LogP contribution < -0.4 is 0 Å². The summed E-state index contributed by atoms with van der Waals surface area (Å²) in [5, 5.41) is 9.19. The Morgan fingerprint density at radius 1 is 1.33 bits per heavy atom. The van der Waals surface area contributed by atoms with Crippen molar-refractivity contribution in [1.29, 1.82) is 0 Å². The Balaban J connectivity index is 2.54. The topological polar surface area (TPSA) is 62.0 Å². The number of rotatable bonds is 2. The average Bonchev–Trinajstić information content (AvgIpc) is 2.65. The van der Waals surface area contributed by atoms with Crippen molar-refractivity contribution in [3.05, 3.63) is 35.4 Å². The molecule has 0 fully saturated rings. The molecule has 0 atom stereocenters. The fourth-order valence-corrected chi connectivity index (χ4v) is 1.45. The van der Waals surface area contributed by atoms with E-state index in [-0.39, 0.29) is 10.7 Å². The zero-order chi connectivity index (χ0) is 10.8. The Bertz CT molecular complexity index is 506. The summed E-state index contributed by atoms with van der Waals surface area (Å²) in [5.41, 5.74) is 1.24. The predicted octanol–water partition coefficient (Wildman–Crippen LogP) is 1.54. The van der Waals surface area contributed by atoms with Crippen molar-refractivity contribution in [3.8, 4) is 0 Å². The molecular weight excluding hydrogens is 212 g/mol. The number of nitrogens with zero attached hydrogens (tertiary/aromatic N) is 2. The molecule has 1 aliphatic heterocycles. The lowest BCUT2D eigenvalue weighted by atomic mass is 10.0. The van der Waals surface area contributed by atoms with E-state index < -0.39 is 5.97 Å². The summed E-state index contributed by atoms with van der Waals surface area (Å²) in [5.74, 6) is -0.987. The molecule has 0 aliphatic carbocycles. The van der Waals surface area contributed by atoms with Gasteiger partial charge in [-0.25, -0.2) is 14.8 Å². The number of hydrogen-bond donors (Lipinski definition) is 1. The number of thiocarbonyl (C=S) groups is 1. The number of hydrogen-bond acceptors (Lipinski definition) is 2. The first kappa shape index (κ1) is 9.67. The Labute approximate surface area is 91.0 Å². The van der Waals surface area contributed by atoms with Gasteiger partial charge in [-0.15, -0.1) is 0 Å². The number of carboxylic acid groups (broad SMARTS) is 1. The van der Waals surface area contributed by atoms with Crippen LogP contribution in [0.15, 0.2) is 34.3 Å². The van der Waals surface area contributed by atoms with Gasteiger partial charge in [0.25, 0.3) is 0 Å². The van der Waals surface area contributed by atoms with E-state index in [4.69, 9.17) is 17.3 Å². The van der Waals surface area contributed by atoms with E-state index in [2.05, 4.69) is 9.98 Å². The molecule has 1 aliphatic rings. The van der Waals surface area contributed by atoms with Gasteiger partial charge in [0, 0.05) is 5.56 Å². The van der Waals surface area contributed by atoms with Gasteiger partial charge in [-0.1, -0.05) is 18.2 Å². The molecule has 1 N–H and O–H groups in total.